The Bertz CT molecular complexity index is 718. The standard InChI is InChI=1S/C18H18ClNO5/c1-23-15-7-5-13(6-8-15)10-20-17(21)11-25-18(22)12-24-16-4-2-3-14(19)9-16/h2-9H,10-12H2,1H3,(H,20,21). The maximum absolute atomic E-state index is 11.7. The highest BCUT2D eigenvalue weighted by atomic mass is 35.5. The third kappa shape index (κ3) is 6.73. The van der Waals surface area contributed by atoms with E-state index in [2.05, 4.69) is 5.32 Å². The van der Waals surface area contributed by atoms with Crippen LogP contribution in [0.4, 0.5) is 0 Å². The SMILES string of the molecule is COc1ccc(CNC(=O)COC(=O)COc2cccc(Cl)c2)cc1. The molecule has 25 heavy (non-hydrogen) atoms. The fourth-order valence-electron chi connectivity index (χ4n) is 1.88. The van der Waals surface area contributed by atoms with Crippen molar-refractivity contribution >= 4 is 23.5 Å². The minimum Gasteiger partial charge on any atom is -0.497 e. The van der Waals surface area contributed by atoms with Gasteiger partial charge in [0.05, 0.1) is 7.11 Å². The highest BCUT2D eigenvalue weighted by molar-refractivity contribution is 6.30. The van der Waals surface area contributed by atoms with Crippen molar-refractivity contribution in [2.45, 2.75) is 6.54 Å². The molecule has 0 fully saturated rings. The van der Waals surface area contributed by atoms with Gasteiger partial charge >= 0.3 is 5.97 Å². The molecular weight excluding hydrogens is 346 g/mol. The van der Waals surface area contributed by atoms with Crippen molar-refractivity contribution < 1.29 is 23.8 Å². The van der Waals surface area contributed by atoms with Crippen LogP contribution in [0.2, 0.25) is 5.02 Å². The maximum Gasteiger partial charge on any atom is 0.344 e. The molecule has 0 heterocycles. The largest absolute Gasteiger partial charge is 0.497 e. The summed E-state index contributed by atoms with van der Waals surface area (Å²) in [5.74, 6) is 0.156. The monoisotopic (exact) mass is 363 g/mol. The van der Waals surface area contributed by atoms with E-state index in [9.17, 15) is 9.59 Å². The number of hydrogen-bond acceptors (Lipinski definition) is 5. The molecule has 0 aliphatic rings. The second kappa shape index (κ2) is 9.54. The predicted molar refractivity (Wildman–Crippen MR) is 92.7 cm³/mol. The third-order valence-electron chi connectivity index (χ3n) is 3.17. The van der Waals surface area contributed by atoms with Gasteiger partial charge in [-0.3, -0.25) is 4.79 Å². The molecule has 7 heteroatoms. The third-order valence-corrected chi connectivity index (χ3v) is 3.40. The lowest BCUT2D eigenvalue weighted by Crippen LogP contribution is -2.29. The lowest BCUT2D eigenvalue weighted by molar-refractivity contribution is -0.150. The van der Waals surface area contributed by atoms with Gasteiger partial charge in [-0.15, -0.1) is 0 Å². The summed E-state index contributed by atoms with van der Waals surface area (Å²) in [4.78, 5) is 23.3. The van der Waals surface area contributed by atoms with Gasteiger partial charge in [0.25, 0.3) is 5.91 Å². The van der Waals surface area contributed by atoms with Crippen LogP contribution < -0.4 is 14.8 Å². The topological polar surface area (TPSA) is 73.9 Å². The lowest BCUT2D eigenvalue weighted by atomic mass is 10.2. The minimum absolute atomic E-state index is 0.300. The van der Waals surface area contributed by atoms with Gasteiger partial charge in [-0.25, -0.2) is 4.79 Å². The number of nitrogens with one attached hydrogen (secondary N) is 1. The quantitative estimate of drug-likeness (QED) is 0.730. The Morgan fingerprint density at radius 2 is 1.80 bits per heavy atom. The molecule has 0 aromatic heterocycles. The molecule has 0 atom stereocenters. The minimum atomic E-state index is -0.639. The fourth-order valence-corrected chi connectivity index (χ4v) is 2.06. The second-order valence-corrected chi connectivity index (χ2v) is 5.47. The Morgan fingerprint density at radius 1 is 1.04 bits per heavy atom. The molecule has 0 unspecified atom stereocenters. The number of carbonyl (C=O) groups excluding carboxylic acids is 2. The number of hydrogen-bond donors (Lipinski definition) is 1. The number of carbonyl (C=O) groups is 2. The van der Waals surface area contributed by atoms with E-state index in [0.29, 0.717) is 17.3 Å². The van der Waals surface area contributed by atoms with E-state index in [-0.39, 0.29) is 13.2 Å². The van der Waals surface area contributed by atoms with Crippen molar-refractivity contribution in [2.24, 2.45) is 0 Å². The number of esters is 1. The van der Waals surface area contributed by atoms with E-state index < -0.39 is 11.9 Å². The van der Waals surface area contributed by atoms with Gasteiger partial charge in [0.15, 0.2) is 13.2 Å². The van der Waals surface area contributed by atoms with Crippen molar-refractivity contribution in [1.29, 1.82) is 0 Å². The number of halogens is 1. The molecule has 2 aromatic carbocycles. The van der Waals surface area contributed by atoms with E-state index in [1.807, 2.05) is 12.1 Å². The lowest BCUT2D eigenvalue weighted by Gasteiger charge is -2.08. The molecule has 0 aliphatic carbocycles. The van der Waals surface area contributed by atoms with Crippen LogP contribution in [0.25, 0.3) is 0 Å². The van der Waals surface area contributed by atoms with Crippen LogP contribution in [0.1, 0.15) is 5.56 Å². The van der Waals surface area contributed by atoms with Crippen LogP contribution in [0.5, 0.6) is 11.5 Å². The molecule has 2 rings (SSSR count). The normalized spacial score (nSPS) is 10.0. The first-order valence-electron chi connectivity index (χ1n) is 7.50. The molecule has 1 amide bonds. The summed E-state index contributed by atoms with van der Waals surface area (Å²) in [5, 5.41) is 3.16. The van der Waals surface area contributed by atoms with Gasteiger partial charge in [-0.1, -0.05) is 29.8 Å². The molecule has 0 spiro atoms. The predicted octanol–water partition coefficient (Wildman–Crippen LogP) is 2.59. The average Bonchev–Trinajstić information content (AvgIpc) is 2.63. The van der Waals surface area contributed by atoms with Crippen LogP contribution in [0.3, 0.4) is 0 Å². The van der Waals surface area contributed by atoms with Crippen molar-refractivity contribution in [3.8, 4) is 11.5 Å². The molecule has 0 saturated heterocycles. The van der Waals surface area contributed by atoms with Crippen LogP contribution >= 0.6 is 11.6 Å². The molecular formula is C18H18ClNO5. The van der Waals surface area contributed by atoms with Gasteiger partial charge < -0.3 is 19.5 Å². The maximum atomic E-state index is 11.7. The molecule has 1 N–H and O–H groups in total. The zero-order valence-corrected chi connectivity index (χ0v) is 14.4. The van der Waals surface area contributed by atoms with Gasteiger partial charge in [-0.2, -0.15) is 0 Å². The van der Waals surface area contributed by atoms with Crippen LogP contribution in [-0.4, -0.2) is 32.2 Å². The molecule has 132 valence electrons. The Morgan fingerprint density at radius 3 is 2.48 bits per heavy atom. The second-order valence-electron chi connectivity index (χ2n) is 5.03. The van der Waals surface area contributed by atoms with Gasteiger partial charge in [0.2, 0.25) is 0 Å². The van der Waals surface area contributed by atoms with E-state index in [1.165, 1.54) is 0 Å². The summed E-state index contributed by atoms with van der Waals surface area (Å²) in [7, 11) is 1.58. The summed E-state index contributed by atoms with van der Waals surface area (Å²) in [6, 6.07) is 13.9. The summed E-state index contributed by atoms with van der Waals surface area (Å²) in [5.41, 5.74) is 0.907. The van der Waals surface area contributed by atoms with E-state index >= 15 is 0 Å². The van der Waals surface area contributed by atoms with E-state index in [0.717, 1.165) is 11.3 Å². The molecule has 0 bridgehead atoms. The highest BCUT2D eigenvalue weighted by Gasteiger charge is 2.08. The van der Waals surface area contributed by atoms with Gasteiger partial charge in [-0.05, 0) is 35.9 Å². The van der Waals surface area contributed by atoms with Crippen LogP contribution in [0, 0.1) is 0 Å². The number of methoxy groups -OCH3 is 1. The number of amides is 1. The number of benzene rings is 2. The van der Waals surface area contributed by atoms with E-state index in [4.69, 9.17) is 25.8 Å². The Hall–Kier alpha value is -2.73. The molecule has 0 saturated carbocycles. The van der Waals surface area contributed by atoms with Crippen molar-refractivity contribution in [1.82, 2.24) is 5.32 Å². The van der Waals surface area contributed by atoms with E-state index in [1.54, 1.807) is 43.5 Å². The Kier molecular flexibility index (Phi) is 7.10. The van der Waals surface area contributed by atoms with Crippen LogP contribution in [0.15, 0.2) is 48.5 Å². The molecule has 0 aliphatic heterocycles. The first kappa shape index (κ1) is 18.6. The van der Waals surface area contributed by atoms with Crippen molar-refractivity contribution in [3.05, 3.63) is 59.1 Å². The Labute approximate surface area is 150 Å². The van der Waals surface area contributed by atoms with Crippen molar-refractivity contribution in [3.63, 3.8) is 0 Å². The van der Waals surface area contributed by atoms with Crippen LogP contribution in [-0.2, 0) is 20.9 Å². The molecule has 0 radical (unpaired) electrons. The molecule has 2 aromatic rings. The van der Waals surface area contributed by atoms with Gasteiger partial charge in [0, 0.05) is 11.6 Å². The molecule has 6 nitrogen and oxygen atoms in total. The smallest absolute Gasteiger partial charge is 0.344 e. The highest BCUT2D eigenvalue weighted by Crippen LogP contribution is 2.16. The first-order valence-corrected chi connectivity index (χ1v) is 7.88. The number of rotatable bonds is 8. The first-order chi connectivity index (χ1) is 12.1. The fraction of sp³-hybridized carbons (Fsp3) is 0.222. The zero-order chi connectivity index (χ0) is 18.1. The zero-order valence-electron chi connectivity index (χ0n) is 13.7. The summed E-state index contributed by atoms with van der Waals surface area (Å²) < 4.78 is 15.1. The summed E-state index contributed by atoms with van der Waals surface area (Å²) in [6.07, 6.45) is 0. The number of ether oxygens (including phenoxy) is 3. The Balaban J connectivity index is 1.65. The van der Waals surface area contributed by atoms with Gasteiger partial charge in [0.1, 0.15) is 11.5 Å². The average molecular weight is 364 g/mol. The summed E-state index contributed by atoms with van der Waals surface area (Å²) in [6.45, 7) is -0.334. The summed E-state index contributed by atoms with van der Waals surface area (Å²) >= 11 is 5.81. The van der Waals surface area contributed by atoms with Crippen molar-refractivity contribution in [2.75, 3.05) is 20.3 Å².